The third-order valence-corrected chi connectivity index (χ3v) is 4.74. The predicted octanol–water partition coefficient (Wildman–Crippen LogP) is 3.43. The highest BCUT2D eigenvalue weighted by molar-refractivity contribution is 9.10. The first-order valence-corrected chi connectivity index (χ1v) is 7.54. The number of hydrogen-bond donors (Lipinski definition) is 1. The maximum Gasteiger partial charge on any atom is 0.311 e. The zero-order chi connectivity index (χ0) is 14.9. The van der Waals surface area contributed by atoms with E-state index in [-0.39, 0.29) is 12.5 Å². The summed E-state index contributed by atoms with van der Waals surface area (Å²) in [6.07, 6.45) is 0.999. The Bertz CT molecular complexity index is 563. The number of carboxylic acid groups (broad SMARTS) is 1. The molecule has 1 heterocycles. The largest absolute Gasteiger partial charge is 0.481 e. The van der Waals surface area contributed by atoms with Gasteiger partial charge in [0.25, 0.3) is 5.91 Å². The number of carbonyl (C=O) groups is 2. The quantitative estimate of drug-likeness (QED) is 0.898. The van der Waals surface area contributed by atoms with Crippen molar-refractivity contribution in [3.63, 3.8) is 0 Å². The second kappa shape index (κ2) is 5.74. The minimum absolute atomic E-state index is 0.209. The van der Waals surface area contributed by atoms with Crippen LogP contribution in [0.25, 0.3) is 0 Å². The molecular formula is C14H15BrClNO3. The summed E-state index contributed by atoms with van der Waals surface area (Å²) < 4.78 is 0.800. The smallest absolute Gasteiger partial charge is 0.311 e. The number of benzene rings is 1. The number of carboxylic acids is 1. The normalized spacial score (nSPS) is 22.1. The van der Waals surface area contributed by atoms with Gasteiger partial charge in [0.1, 0.15) is 0 Å². The SMILES string of the molecule is CCC1(C(=O)O)CCN(C(=O)c2ccc(Br)cc2Cl)C1. The Kier molecular flexibility index (Phi) is 4.39. The van der Waals surface area contributed by atoms with E-state index < -0.39 is 11.4 Å². The van der Waals surface area contributed by atoms with Gasteiger partial charge in [-0.05, 0) is 31.0 Å². The first kappa shape index (κ1) is 15.3. The van der Waals surface area contributed by atoms with E-state index in [4.69, 9.17) is 11.6 Å². The molecule has 0 bridgehead atoms. The molecule has 1 aromatic rings. The molecule has 0 radical (unpaired) electrons. The fourth-order valence-corrected chi connectivity index (χ4v) is 3.25. The summed E-state index contributed by atoms with van der Waals surface area (Å²) in [5.74, 6) is -1.05. The maximum absolute atomic E-state index is 12.4. The van der Waals surface area contributed by atoms with Crippen LogP contribution in [0.1, 0.15) is 30.1 Å². The molecule has 2 rings (SSSR count). The monoisotopic (exact) mass is 359 g/mol. The summed E-state index contributed by atoms with van der Waals surface area (Å²) >= 11 is 9.37. The van der Waals surface area contributed by atoms with Crippen molar-refractivity contribution in [2.45, 2.75) is 19.8 Å². The first-order chi connectivity index (χ1) is 9.39. The molecule has 1 N–H and O–H groups in total. The number of amides is 1. The topological polar surface area (TPSA) is 57.6 Å². The van der Waals surface area contributed by atoms with E-state index in [1.807, 2.05) is 6.92 Å². The number of halogens is 2. The molecule has 20 heavy (non-hydrogen) atoms. The molecule has 0 aromatic heterocycles. The highest BCUT2D eigenvalue weighted by atomic mass is 79.9. The maximum atomic E-state index is 12.4. The van der Waals surface area contributed by atoms with Crippen molar-refractivity contribution < 1.29 is 14.7 Å². The van der Waals surface area contributed by atoms with Crippen LogP contribution in [0.15, 0.2) is 22.7 Å². The number of aliphatic carboxylic acids is 1. The molecule has 6 heteroatoms. The van der Waals surface area contributed by atoms with Crippen LogP contribution in [0, 0.1) is 5.41 Å². The zero-order valence-corrected chi connectivity index (χ0v) is 13.4. The van der Waals surface area contributed by atoms with Gasteiger partial charge < -0.3 is 10.0 Å². The van der Waals surface area contributed by atoms with Crippen LogP contribution in [0.4, 0.5) is 0 Å². The molecule has 1 unspecified atom stereocenters. The van der Waals surface area contributed by atoms with E-state index in [0.29, 0.717) is 30.0 Å². The lowest BCUT2D eigenvalue weighted by Crippen LogP contribution is -2.36. The van der Waals surface area contributed by atoms with E-state index in [9.17, 15) is 14.7 Å². The second-order valence-electron chi connectivity index (χ2n) is 5.04. The van der Waals surface area contributed by atoms with Gasteiger partial charge in [-0.25, -0.2) is 0 Å². The van der Waals surface area contributed by atoms with E-state index in [1.165, 1.54) is 0 Å². The average molecular weight is 361 g/mol. The fraction of sp³-hybridized carbons (Fsp3) is 0.429. The first-order valence-electron chi connectivity index (χ1n) is 6.37. The number of likely N-dealkylation sites (tertiary alicyclic amines) is 1. The van der Waals surface area contributed by atoms with Crippen LogP contribution in [0.5, 0.6) is 0 Å². The zero-order valence-electron chi connectivity index (χ0n) is 11.0. The van der Waals surface area contributed by atoms with Gasteiger partial charge in [-0.2, -0.15) is 0 Å². The molecule has 1 aromatic carbocycles. The van der Waals surface area contributed by atoms with Crippen molar-refractivity contribution in [3.8, 4) is 0 Å². The Morgan fingerprint density at radius 1 is 1.50 bits per heavy atom. The van der Waals surface area contributed by atoms with Gasteiger partial charge in [-0.3, -0.25) is 9.59 Å². The molecule has 1 atom stereocenters. The van der Waals surface area contributed by atoms with Crippen LogP contribution in [-0.4, -0.2) is 35.0 Å². The Labute approximate surface area is 130 Å². The minimum Gasteiger partial charge on any atom is -0.481 e. The summed E-state index contributed by atoms with van der Waals surface area (Å²) in [5, 5.41) is 9.72. The Morgan fingerprint density at radius 2 is 2.20 bits per heavy atom. The molecule has 1 aliphatic rings. The van der Waals surface area contributed by atoms with Gasteiger partial charge in [0.05, 0.1) is 16.0 Å². The summed E-state index contributed by atoms with van der Waals surface area (Å²) in [4.78, 5) is 25.4. The molecule has 108 valence electrons. The fourth-order valence-electron chi connectivity index (χ4n) is 2.49. The molecule has 0 saturated carbocycles. The van der Waals surface area contributed by atoms with E-state index in [1.54, 1.807) is 23.1 Å². The van der Waals surface area contributed by atoms with Gasteiger partial charge in [0.15, 0.2) is 0 Å². The molecule has 1 fully saturated rings. The lowest BCUT2D eigenvalue weighted by molar-refractivity contribution is -0.148. The van der Waals surface area contributed by atoms with Crippen molar-refractivity contribution in [1.29, 1.82) is 0 Å². The lowest BCUT2D eigenvalue weighted by Gasteiger charge is -2.23. The molecule has 1 amide bonds. The molecule has 0 aliphatic carbocycles. The molecular weight excluding hydrogens is 346 g/mol. The molecule has 1 saturated heterocycles. The van der Waals surface area contributed by atoms with Crippen LogP contribution in [0.3, 0.4) is 0 Å². The summed E-state index contributed by atoms with van der Waals surface area (Å²) in [5.41, 5.74) is -0.413. The van der Waals surface area contributed by atoms with Gasteiger partial charge in [0.2, 0.25) is 0 Å². The van der Waals surface area contributed by atoms with Crippen molar-refractivity contribution >= 4 is 39.4 Å². The minimum atomic E-state index is -0.836. The summed E-state index contributed by atoms with van der Waals surface area (Å²) in [6.45, 7) is 2.53. The van der Waals surface area contributed by atoms with Crippen LogP contribution >= 0.6 is 27.5 Å². The summed E-state index contributed by atoms with van der Waals surface area (Å²) in [7, 11) is 0. The third kappa shape index (κ3) is 2.69. The molecule has 4 nitrogen and oxygen atoms in total. The van der Waals surface area contributed by atoms with Gasteiger partial charge in [0, 0.05) is 17.6 Å². The number of hydrogen-bond acceptors (Lipinski definition) is 2. The van der Waals surface area contributed by atoms with Gasteiger partial charge >= 0.3 is 5.97 Å². The third-order valence-electron chi connectivity index (χ3n) is 3.93. The number of carbonyl (C=O) groups excluding carboxylic acids is 1. The molecule has 0 spiro atoms. The van der Waals surface area contributed by atoms with E-state index in [0.717, 1.165) is 4.47 Å². The van der Waals surface area contributed by atoms with Crippen molar-refractivity contribution in [1.82, 2.24) is 4.90 Å². The van der Waals surface area contributed by atoms with Crippen LogP contribution in [0.2, 0.25) is 5.02 Å². The Hall–Kier alpha value is -1.07. The number of nitrogens with zero attached hydrogens (tertiary/aromatic N) is 1. The summed E-state index contributed by atoms with van der Waals surface area (Å²) in [6, 6.07) is 5.07. The number of rotatable bonds is 3. The van der Waals surface area contributed by atoms with Crippen LogP contribution in [-0.2, 0) is 4.79 Å². The second-order valence-corrected chi connectivity index (χ2v) is 6.36. The van der Waals surface area contributed by atoms with Crippen molar-refractivity contribution in [2.75, 3.05) is 13.1 Å². The Balaban J connectivity index is 2.21. The predicted molar refractivity (Wildman–Crippen MR) is 80.0 cm³/mol. The Morgan fingerprint density at radius 3 is 2.70 bits per heavy atom. The highest BCUT2D eigenvalue weighted by Gasteiger charge is 2.45. The standard InChI is InChI=1S/C14H15BrClNO3/c1-2-14(13(19)20)5-6-17(8-14)12(18)10-4-3-9(15)7-11(10)16/h3-4,7H,2,5-6,8H2,1H3,(H,19,20). The van der Waals surface area contributed by atoms with E-state index >= 15 is 0 Å². The van der Waals surface area contributed by atoms with Crippen LogP contribution < -0.4 is 0 Å². The van der Waals surface area contributed by atoms with Crippen molar-refractivity contribution in [3.05, 3.63) is 33.3 Å². The van der Waals surface area contributed by atoms with Gasteiger partial charge in [-0.1, -0.05) is 34.5 Å². The lowest BCUT2D eigenvalue weighted by atomic mass is 9.84. The van der Waals surface area contributed by atoms with E-state index in [2.05, 4.69) is 15.9 Å². The molecule has 1 aliphatic heterocycles. The highest BCUT2D eigenvalue weighted by Crippen LogP contribution is 2.35. The van der Waals surface area contributed by atoms with Crippen molar-refractivity contribution in [2.24, 2.45) is 5.41 Å². The van der Waals surface area contributed by atoms with Gasteiger partial charge in [-0.15, -0.1) is 0 Å². The average Bonchev–Trinajstić information content (AvgIpc) is 2.83.